The van der Waals surface area contributed by atoms with Gasteiger partial charge in [0.2, 0.25) is 23.4 Å². The number of rotatable bonds is 11. The summed E-state index contributed by atoms with van der Waals surface area (Å²) in [5.41, 5.74) is 16.1. The molecule has 6 aromatic carbocycles. The van der Waals surface area contributed by atoms with E-state index in [1.807, 2.05) is 30.3 Å². The number of aromatic carboxylic acids is 1. The number of carboxylic acids is 1. The fourth-order valence-corrected chi connectivity index (χ4v) is 9.37. The van der Waals surface area contributed by atoms with Crippen molar-refractivity contribution in [1.82, 2.24) is 35.4 Å². The first-order valence-electron chi connectivity index (χ1n) is 24.1. The molecule has 2 saturated heterocycles. The highest BCUT2D eigenvalue weighted by molar-refractivity contribution is 5.95. The molecule has 2 aromatic heterocycles. The van der Waals surface area contributed by atoms with Gasteiger partial charge in [-0.3, -0.25) is 4.79 Å². The minimum absolute atomic E-state index is 0.0930. The van der Waals surface area contributed by atoms with E-state index in [2.05, 4.69) is 153 Å². The van der Waals surface area contributed by atoms with E-state index in [0.29, 0.717) is 41.1 Å². The zero-order valence-electron chi connectivity index (χ0n) is 40.9. The van der Waals surface area contributed by atoms with Crippen LogP contribution in [0.4, 0.5) is 0 Å². The lowest BCUT2D eigenvalue weighted by Crippen LogP contribution is -2.48. The summed E-state index contributed by atoms with van der Waals surface area (Å²) >= 11 is 0. The number of carboxylic acid groups (broad SMARTS) is 1. The molecular formula is C58H62N8O5. The minimum Gasteiger partial charge on any atom is -0.478 e. The van der Waals surface area contributed by atoms with Crippen LogP contribution < -0.4 is 11.1 Å². The zero-order valence-corrected chi connectivity index (χ0v) is 40.9. The predicted octanol–water partition coefficient (Wildman–Crippen LogP) is 10.1. The number of nitrogens with zero attached hydrogens (tertiary/aromatic N) is 6. The molecule has 4 N–H and O–H groups in total. The van der Waals surface area contributed by atoms with Gasteiger partial charge in [-0.25, -0.2) is 4.79 Å². The summed E-state index contributed by atoms with van der Waals surface area (Å²) in [5, 5.41) is 19.7. The molecule has 364 valence electrons. The first-order valence-corrected chi connectivity index (χ1v) is 24.1. The number of carbonyl (C=O) groups excluding carboxylic acids is 1. The molecule has 0 atom stereocenters. The molecule has 1 amide bonds. The summed E-state index contributed by atoms with van der Waals surface area (Å²) in [7, 11) is 4.36. The van der Waals surface area contributed by atoms with Crippen molar-refractivity contribution in [1.29, 1.82) is 0 Å². The van der Waals surface area contributed by atoms with Crippen molar-refractivity contribution < 1.29 is 23.7 Å². The number of aryl methyl sites for hydroxylation is 2. The van der Waals surface area contributed by atoms with Crippen molar-refractivity contribution in [2.24, 2.45) is 5.73 Å². The van der Waals surface area contributed by atoms with Crippen LogP contribution >= 0.6 is 0 Å². The van der Waals surface area contributed by atoms with Crippen LogP contribution in [-0.2, 0) is 10.8 Å². The fourth-order valence-electron chi connectivity index (χ4n) is 9.37. The molecule has 0 spiro atoms. The summed E-state index contributed by atoms with van der Waals surface area (Å²) in [6.45, 7) is 9.01. The Bertz CT molecular complexity index is 3010. The lowest BCUT2D eigenvalue weighted by atomic mass is 9.72. The molecule has 71 heavy (non-hydrogen) atoms. The van der Waals surface area contributed by atoms with E-state index < -0.39 is 5.97 Å². The highest BCUT2D eigenvalue weighted by Crippen LogP contribution is 2.38. The van der Waals surface area contributed by atoms with Crippen LogP contribution in [0.1, 0.15) is 69.3 Å². The van der Waals surface area contributed by atoms with E-state index in [-0.39, 0.29) is 22.3 Å². The van der Waals surface area contributed by atoms with Gasteiger partial charge in [0.15, 0.2) is 0 Å². The molecule has 2 aliphatic rings. The van der Waals surface area contributed by atoms with Gasteiger partial charge >= 0.3 is 5.97 Å². The third-order valence-corrected chi connectivity index (χ3v) is 13.8. The first kappa shape index (κ1) is 49.8. The summed E-state index contributed by atoms with van der Waals surface area (Å²) in [4.78, 5) is 37.0. The maximum Gasteiger partial charge on any atom is 0.335 e. The van der Waals surface area contributed by atoms with E-state index >= 15 is 0 Å². The van der Waals surface area contributed by atoms with Gasteiger partial charge in [0, 0.05) is 54.5 Å². The molecule has 0 saturated carbocycles. The lowest BCUT2D eigenvalue weighted by molar-refractivity contribution is 0.0696. The van der Waals surface area contributed by atoms with Crippen LogP contribution in [0.5, 0.6) is 0 Å². The number of nitrogens with one attached hydrogen (secondary N) is 1. The molecule has 0 radical (unpaired) electrons. The number of hydrogen-bond donors (Lipinski definition) is 3. The lowest BCUT2D eigenvalue weighted by Gasteiger charge is -2.41. The van der Waals surface area contributed by atoms with Gasteiger partial charge in [0.1, 0.15) is 0 Å². The summed E-state index contributed by atoms with van der Waals surface area (Å²) in [6.07, 6.45) is 4.28. The topological polar surface area (TPSA) is 177 Å². The van der Waals surface area contributed by atoms with Gasteiger partial charge in [-0.15, -0.1) is 0 Å². The number of likely N-dealkylation sites (tertiary alicyclic amines) is 2. The van der Waals surface area contributed by atoms with Crippen LogP contribution in [0.25, 0.3) is 45.0 Å². The Hall–Kier alpha value is -7.58. The molecule has 0 bridgehead atoms. The largest absolute Gasteiger partial charge is 0.478 e. The number of hydrogen-bond acceptors (Lipinski definition) is 11. The van der Waals surface area contributed by atoms with Crippen LogP contribution in [0, 0.1) is 13.8 Å². The Kier molecular flexibility index (Phi) is 16.1. The van der Waals surface area contributed by atoms with Gasteiger partial charge < -0.3 is 35.0 Å². The fraction of sp³-hybridized carbons (Fsp3) is 0.276. The van der Waals surface area contributed by atoms with E-state index in [4.69, 9.17) is 19.9 Å². The number of amides is 1. The number of benzene rings is 6. The van der Waals surface area contributed by atoms with Crippen LogP contribution in [0.3, 0.4) is 0 Å². The average Bonchev–Trinajstić information content (AvgIpc) is 4.08. The van der Waals surface area contributed by atoms with Crippen molar-refractivity contribution in [3.63, 3.8) is 0 Å². The molecule has 0 unspecified atom stereocenters. The summed E-state index contributed by atoms with van der Waals surface area (Å²) in [5.74, 6) is 0.765. The smallest absolute Gasteiger partial charge is 0.335 e. The minimum atomic E-state index is -0.975. The Balaban J connectivity index is 0.000000159. The average molecular weight is 951 g/mol. The maximum absolute atomic E-state index is 13.2. The molecule has 13 heteroatoms. The monoisotopic (exact) mass is 950 g/mol. The molecule has 13 nitrogen and oxygen atoms in total. The molecule has 8 aromatic rings. The molecular weight excluding hydrogens is 889 g/mol. The number of aromatic nitrogens is 4. The predicted molar refractivity (Wildman–Crippen MR) is 278 cm³/mol. The van der Waals surface area contributed by atoms with Crippen molar-refractivity contribution >= 4 is 11.9 Å². The summed E-state index contributed by atoms with van der Waals surface area (Å²) < 4.78 is 9.90. The number of piperidine rings is 2. The van der Waals surface area contributed by atoms with Crippen LogP contribution in [0.15, 0.2) is 167 Å². The SMILES string of the molecule is CN1CCC(CN)(c2cccc(-c3ccccc3)c2)CC1.Cc1nc(-c2cccc(C(=O)NCC3(c4cccc(-c5ccccc5)c4)CCN(C)CC3)c2)no1.Cc1nc(-c2cccc(C(=O)O)c2)no1. The van der Waals surface area contributed by atoms with Gasteiger partial charge in [-0.1, -0.05) is 144 Å². The third kappa shape index (κ3) is 12.4. The quantitative estimate of drug-likeness (QED) is 0.112. The van der Waals surface area contributed by atoms with Gasteiger partial charge in [0.05, 0.1) is 5.56 Å². The van der Waals surface area contributed by atoms with Crippen LogP contribution in [-0.4, -0.2) is 100 Å². The van der Waals surface area contributed by atoms with Crippen molar-refractivity contribution in [2.75, 3.05) is 53.4 Å². The standard InChI is InChI=1S/C29H30N4O2.C19H24N2.C10H8N2O3/c1-21-31-27(32-35-21)24-11-6-12-25(18-24)28(34)30-20-29(14-16-33(2)17-15-29)26-13-7-10-23(19-26)22-8-4-3-5-9-22;1-21-12-10-19(15-20,11-13-21)18-9-5-8-17(14-18)16-6-3-2-4-7-16;1-6-11-9(12-15-6)7-3-2-4-8(5-7)10(13)14/h3-13,18-19H,14-17,20H2,1-2H3,(H,30,34);2-9,14H,10-13,15,20H2,1H3;2-5H,1H3,(H,13,14). The second kappa shape index (κ2) is 22.9. The second-order valence-electron chi connectivity index (χ2n) is 18.7. The van der Waals surface area contributed by atoms with Gasteiger partial charge in [0.25, 0.3) is 5.91 Å². The molecule has 10 rings (SSSR count). The molecule has 4 heterocycles. The highest BCUT2D eigenvalue weighted by atomic mass is 16.5. The van der Waals surface area contributed by atoms with Gasteiger partial charge in [-0.2, -0.15) is 9.97 Å². The second-order valence-corrected chi connectivity index (χ2v) is 18.7. The number of nitrogens with two attached hydrogens (primary N) is 1. The Morgan fingerprint density at radius 3 is 1.41 bits per heavy atom. The zero-order chi connectivity index (χ0) is 49.8. The van der Waals surface area contributed by atoms with Gasteiger partial charge in [-0.05, 0) is 124 Å². The Morgan fingerprint density at radius 1 is 0.549 bits per heavy atom. The summed E-state index contributed by atoms with van der Waals surface area (Å²) in [6, 6.07) is 52.6. The maximum atomic E-state index is 13.2. The molecule has 2 fully saturated rings. The van der Waals surface area contributed by atoms with E-state index in [1.165, 1.54) is 45.5 Å². The first-order chi connectivity index (χ1) is 34.4. The van der Waals surface area contributed by atoms with E-state index in [1.54, 1.807) is 26.0 Å². The molecule has 2 aliphatic heterocycles. The van der Waals surface area contributed by atoms with Crippen LogP contribution in [0.2, 0.25) is 0 Å². The third-order valence-electron chi connectivity index (χ3n) is 13.8. The molecule has 0 aliphatic carbocycles. The number of carbonyl (C=O) groups is 2. The van der Waals surface area contributed by atoms with Crippen molar-refractivity contribution in [3.05, 3.63) is 192 Å². The highest BCUT2D eigenvalue weighted by Gasteiger charge is 2.37. The van der Waals surface area contributed by atoms with E-state index in [0.717, 1.165) is 64.0 Å². The van der Waals surface area contributed by atoms with Crippen molar-refractivity contribution in [3.8, 4) is 45.0 Å². The Morgan fingerprint density at radius 2 is 0.958 bits per heavy atom. The Labute approximate surface area is 415 Å². The van der Waals surface area contributed by atoms with E-state index in [9.17, 15) is 9.59 Å². The normalized spacial score (nSPS) is 15.3. The van der Waals surface area contributed by atoms with Crippen molar-refractivity contribution in [2.45, 2.75) is 50.4 Å².